The average molecular weight is 341 g/mol. The highest BCUT2D eigenvalue weighted by Gasteiger charge is 2.59. The number of fused-ring (bicyclic) bond motifs is 5. The van der Waals surface area contributed by atoms with Crippen molar-refractivity contribution in [3.63, 3.8) is 0 Å². The lowest BCUT2D eigenvalue weighted by Crippen LogP contribution is -2.33. The summed E-state index contributed by atoms with van der Waals surface area (Å²) in [4.78, 5) is 38.2. The molecule has 2 aliphatic carbocycles. The SMILES string of the molecule is COC(=O)COc1ccc(N2C(=O)[C@@H]3[C@@H](C2=O)[C@H]2C=C[C@H]3C2)c(C)c1. The zero-order chi connectivity index (χ0) is 17.7. The summed E-state index contributed by atoms with van der Waals surface area (Å²) in [5, 5.41) is 0. The maximum atomic E-state index is 12.9. The fraction of sp³-hybridized carbons (Fsp3) is 0.421. The van der Waals surface area contributed by atoms with Crippen LogP contribution in [-0.4, -0.2) is 31.5 Å². The van der Waals surface area contributed by atoms with Gasteiger partial charge in [0.25, 0.3) is 0 Å². The fourth-order valence-electron chi connectivity index (χ4n) is 4.31. The second kappa shape index (κ2) is 5.72. The van der Waals surface area contributed by atoms with Crippen LogP contribution in [0, 0.1) is 30.6 Å². The first-order valence-electron chi connectivity index (χ1n) is 8.37. The molecule has 4 rings (SSSR count). The number of allylic oxidation sites excluding steroid dienone is 2. The van der Waals surface area contributed by atoms with E-state index in [0.29, 0.717) is 11.4 Å². The number of aryl methyl sites for hydroxylation is 1. The lowest BCUT2D eigenvalue weighted by atomic mass is 9.85. The fourth-order valence-corrected chi connectivity index (χ4v) is 4.31. The van der Waals surface area contributed by atoms with Crippen molar-refractivity contribution in [3.8, 4) is 5.75 Å². The lowest BCUT2D eigenvalue weighted by molar-refractivity contribution is -0.143. The predicted octanol–water partition coefficient (Wildman–Crippen LogP) is 1.86. The Morgan fingerprint density at radius 2 is 1.80 bits per heavy atom. The molecule has 25 heavy (non-hydrogen) atoms. The molecule has 1 heterocycles. The number of anilines is 1. The minimum absolute atomic E-state index is 0.0989. The van der Waals surface area contributed by atoms with Crippen molar-refractivity contribution >= 4 is 23.5 Å². The van der Waals surface area contributed by atoms with E-state index in [1.807, 2.05) is 6.92 Å². The van der Waals surface area contributed by atoms with Gasteiger partial charge in [-0.25, -0.2) is 9.69 Å². The molecule has 1 aliphatic heterocycles. The Bertz CT molecular complexity index is 769. The summed E-state index contributed by atoms with van der Waals surface area (Å²) in [5.41, 5.74) is 1.35. The number of hydrogen-bond donors (Lipinski definition) is 0. The van der Waals surface area contributed by atoms with Crippen LogP contribution in [0.2, 0.25) is 0 Å². The largest absolute Gasteiger partial charge is 0.482 e. The van der Waals surface area contributed by atoms with Crippen LogP contribution in [-0.2, 0) is 19.1 Å². The van der Waals surface area contributed by atoms with Gasteiger partial charge in [-0.05, 0) is 48.9 Å². The zero-order valence-electron chi connectivity index (χ0n) is 14.1. The van der Waals surface area contributed by atoms with Crippen LogP contribution in [0.5, 0.6) is 5.75 Å². The summed E-state index contributed by atoms with van der Waals surface area (Å²) in [5.74, 6) is -0.209. The molecule has 0 N–H and O–H groups in total. The molecule has 3 aliphatic rings. The van der Waals surface area contributed by atoms with E-state index in [2.05, 4.69) is 16.9 Å². The van der Waals surface area contributed by atoms with Crippen LogP contribution < -0.4 is 9.64 Å². The van der Waals surface area contributed by atoms with Gasteiger partial charge in [-0.2, -0.15) is 0 Å². The Labute approximate surface area is 145 Å². The molecule has 6 nitrogen and oxygen atoms in total. The van der Waals surface area contributed by atoms with Gasteiger partial charge in [0.1, 0.15) is 5.75 Å². The third-order valence-corrected chi connectivity index (χ3v) is 5.46. The van der Waals surface area contributed by atoms with E-state index >= 15 is 0 Å². The summed E-state index contributed by atoms with van der Waals surface area (Å²) in [6.07, 6.45) is 5.08. The summed E-state index contributed by atoms with van der Waals surface area (Å²) in [7, 11) is 1.30. The van der Waals surface area contributed by atoms with Crippen molar-refractivity contribution in [2.75, 3.05) is 18.6 Å². The molecule has 1 aromatic carbocycles. The Kier molecular flexibility index (Phi) is 3.63. The first-order valence-corrected chi connectivity index (χ1v) is 8.37. The van der Waals surface area contributed by atoms with Crippen molar-refractivity contribution in [2.45, 2.75) is 13.3 Å². The van der Waals surface area contributed by atoms with Crippen LogP contribution in [0.4, 0.5) is 5.69 Å². The van der Waals surface area contributed by atoms with Crippen LogP contribution in [0.25, 0.3) is 0 Å². The number of benzene rings is 1. The van der Waals surface area contributed by atoms with Gasteiger partial charge in [-0.15, -0.1) is 0 Å². The third kappa shape index (κ3) is 2.35. The molecule has 130 valence electrons. The second-order valence-electron chi connectivity index (χ2n) is 6.82. The molecule has 0 spiro atoms. The number of hydrogen-bond acceptors (Lipinski definition) is 5. The zero-order valence-corrected chi connectivity index (χ0v) is 14.1. The molecular weight excluding hydrogens is 322 g/mol. The smallest absolute Gasteiger partial charge is 0.343 e. The van der Waals surface area contributed by atoms with Gasteiger partial charge < -0.3 is 9.47 Å². The normalized spacial score (nSPS) is 29.3. The summed E-state index contributed by atoms with van der Waals surface area (Å²) < 4.78 is 9.89. The van der Waals surface area contributed by atoms with Crippen molar-refractivity contribution in [3.05, 3.63) is 35.9 Å². The van der Waals surface area contributed by atoms with E-state index in [9.17, 15) is 14.4 Å². The number of nitrogens with zero attached hydrogens (tertiary/aromatic N) is 1. The van der Waals surface area contributed by atoms with Crippen molar-refractivity contribution < 1.29 is 23.9 Å². The summed E-state index contributed by atoms with van der Waals surface area (Å²) >= 11 is 0. The van der Waals surface area contributed by atoms with E-state index in [0.717, 1.165) is 12.0 Å². The van der Waals surface area contributed by atoms with Crippen LogP contribution >= 0.6 is 0 Å². The molecule has 2 fully saturated rings. The molecule has 0 aromatic heterocycles. The van der Waals surface area contributed by atoms with E-state index in [1.54, 1.807) is 18.2 Å². The number of amides is 2. The highest BCUT2D eigenvalue weighted by Crippen LogP contribution is 2.53. The molecule has 4 atom stereocenters. The van der Waals surface area contributed by atoms with E-state index in [4.69, 9.17) is 4.74 Å². The maximum Gasteiger partial charge on any atom is 0.343 e. The van der Waals surface area contributed by atoms with Gasteiger partial charge >= 0.3 is 5.97 Å². The van der Waals surface area contributed by atoms with E-state index in [1.165, 1.54) is 12.0 Å². The number of carbonyl (C=O) groups is 3. The molecule has 2 amide bonds. The van der Waals surface area contributed by atoms with E-state index < -0.39 is 5.97 Å². The molecule has 2 bridgehead atoms. The monoisotopic (exact) mass is 341 g/mol. The van der Waals surface area contributed by atoms with Crippen LogP contribution in [0.15, 0.2) is 30.4 Å². The van der Waals surface area contributed by atoms with Crippen LogP contribution in [0.1, 0.15) is 12.0 Å². The molecule has 0 radical (unpaired) electrons. The molecule has 6 heteroatoms. The van der Waals surface area contributed by atoms with Gasteiger partial charge in [0, 0.05) is 0 Å². The number of esters is 1. The first kappa shape index (κ1) is 15.9. The number of ether oxygens (including phenoxy) is 2. The quantitative estimate of drug-likeness (QED) is 0.475. The van der Waals surface area contributed by atoms with Crippen molar-refractivity contribution in [1.82, 2.24) is 0 Å². The average Bonchev–Trinajstić information content (AvgIpc) is 3.28. The Balaban J connectivity index is 1.57. The molecule has 1 saturated carbocycles. The summed E-state index contributed by atoms with van der Waals surface area (Å²) in [6.45, 7) is 1.64. The second-order valence-corrected chi connectivity index (χ2v) is 6.82. The molecule has 1 saturated heterocycles. The molecule has 0 unspecified atom stereocenters. The highest BCUT2D eigenvalue weighted by molar-refractivity contribution is 6.23. The van der Waals surface area contributed by atoms with E-state index in [-0.39, 0.29) is 42.1 Å². The number of imide groups is 1. The number of rotatable bonds is 4. The standard InChI is InChI=1S/C19H19NO5/c1-10-7-13(25-9-15(21)24-2)5-6-14(10)20-18(22)16-11-3-4-12(8-11)17(16)19(20)23/h3-7,11-12,16-17H,8-9H2,1-2H3/t11-,12-,16-,17-/m0/s1. The Morgan fingerprint density at radius 3 is 2.36 bits per heavy atom. The molecule has 1 aromatic rings. The van der Waals surface area contributed by atoms with Crippen LogP contribution in [0.3, 0.4) is 0 Å². The summed E-state index contributed by atoms with van der Waals surface area (Å²) in [6, 6.07) is 5.08. The maximum absolute atomic E-state index is 12.9. The third-order valence-electron chi connectivity index (χ3n) is 5.46. The first-order chi connectivity index (χ1) is 12.0. The number of methoxy groups -OCH3 is 1. The Hall–Kier alpha value is -2.63. The number of carbonyl (C=O) groups excluding carboxylic acids is 3. The van der Waals surface area contributed by atoms with Gasteiger partial charge in [0.2, 0.25) is 11.8 Å². The topological polar surface area (TPSA) is 72.9 Å². The van der Waals surface area contributed by atoms with Gasteiger partial charge in [-0.3, -0.25) is 9.59 Å². The predicted molar refractivity (Wildman–Crippen MR) is 88.9 cm³/mol. The van der Waals surface area contributed by atoms with Gasteiger partial charge in [0.05, 0.1) is 24.6 Å². The molecular formula is C19H19NO5. The Morgan fingerprint density at radius 1 is 1.16 bits per heavy atom. The van der Waals surface area contributed by atoms with Gasteiger partial charge in [-0.1, -0.05) is 12.2 Å². The van der Waals surface area contributed by atoms with Crippen molar-refractivity contribution in [1.29, 1.82) is 0 Å². The van der Waals surface area contributed by atoms with Gasteiger partial charge in [0.15, 0.2) is 6.61 Å². The van der Waals surface area contributed by atoms with Crippen molar-refractivity contribution in [2.24, 2.45) is 23.7 Å². The lowest BCUT2D eigenvalue weighted by Gasteiger charge is -2.20. The highest BCUT2D eigenvalue weighted by atomic mass is 16.6. The minimum Gasteiger partial charge on any atom is -0.482 e. The minimum atomic E-state index is -0.470.